The number of hydrogen-bond donors (Lipinski definition) is 1. The molecule has 110 valence electrons. The maximum absolute atomic E-state index is 12.3. The Balaban J connectivity index is 2.08. The van der Waals surface area contributed by atoms with Gasteiger partial charge in [-0.15, -0.1) is 0 Å². The molecule has 1 aliphatic heterocycles. The molecule has 4 heteroatoms. The zero-order valence-electron chi connectivity index (χ0n) is 12.7. The number of carbonyl (C=O) groups excluding carboxylic acids is 1. The van der Waals surface area contributed by atoms with Crippen LogP contribution in [0.5, 0.6) is 5.75 Å². The summed E-state index contributed by atoms with van der Waals surface area (Å²) < 4.78 is 5.59. The Labute approximate surface area is 121 Å². The predicted octanol–water partition coefficient (Wildman–Crippen LogP) is 1.68. The van der Waals surface area contributed by atoms with E-state index < -0.39 is 0 Å². The number of nitrogens with one attached hydrogen (secondary N) is 1. The van der Waals surface area contributed by atoms with Crippen LogP contribution in [0.15, 0.2) is 12.1 Å². The fourth-order valence-corrected chi connectivity index (χ4v) is 2.54. The second-order valence-corrected chi connectivity index (χ2v) is 5.28. The summed E-state index contributed by atoms with van der Waals surface area (Å²) in [5, 5.41) is 3.27. The molecule has 0 atom stereocenters. The maximum atomic E-state index is 12.3. The molecule has 0 aliphatic carbocycles. The van der Waals surface area contributed by atoms with Crippen molar-refractivity contribution in [3.05, 3.63) is 28.8 Å². The largest absolute Gasteiger partial charge is 0.494 e. The second-order valence-electron chi connectivity index (χ2n) is 5.28. The average molecular weight is 276 g/mol. The highest BCUT2D eigenvalue weighted by molar-refractivity contribution is 5.79. The summed E-state index contributed by atoms with van der Waals surface area (Å²) in [5.41, 5.74) is 3.33. The van der Waals surface area contributed by atoms with Crippen molar-refractivity contribution in [2.75, 3.05) is 32.8 Å². The number of ether oxygens (including phenoxy) is 1. The van der Waals surface area contributed by atoms with E-state index in [2.05, 4.69) is 11.4 Å². The Morgan fingerprint density at radius 1 is 1.25 bits per heavy atom. The number of piperazine rings is 1. The van der Waals surface area contributed by atoms with Crippen LogP contribution in [0.1, 0.15) is 23.6 Å². The molecule has 0 bridgehead atoms. The molecule has 0 saturated carbocycles. The van der Waals surface area contributed by atoms with Crippen molar-refractivity contribution in [1.82, 2.24) is 10.2 Å². The minimum atomic E-state index is 0.221. The van der Waals surface area contributed by atoms with Crippen LogP contribution in [0, 0.1) is 13.8 Å². The molecule has 0 spiro atoms. The quantitative estimate of drug-likeness (QED) is 0.909. The first-order valence-corrected chi connectivity index (χ1v) is 7.33. The molecule has 1 aromatic carbocycles. The van der Waals surface area contributed by atoms with E-state index in [-0.39, 0.29) is 5.91 Å². The van der Waals surface area contributed by atoms with Crippen molar-refractivity contribution in [3.8, 4) is 5.75 Å². The van der Waals surface area contributed by atoms with Crippen molar-refractivity contribution >= 4 is 5.91 Å². The fraction of sp³-hybridized carbons (Fsp3) is 0.562. The Bertz CT molecular complexity index is 480. The van der Waals surface area contributed by atoms with Gasteiger partial charge in [-0.1, -0.05) is 6.07 Å². The summed E-state index contributed by atoms with van der Waals surface area (Å²) in [6, 6.07) is 4.12. The molecule has 20 heavy (non-hydrogen) atoms. The molecule has 0 unspecified atom stereocenters. The zero-order chi connectivity index (χ0) is 14.5. The van der Waals surface area contributed by atoms with Crippen LogP contribution in [0.2, 0.25) is 0 Å². The molecule has 1 N–H and O–H groups in total. The third-order valence-electron chi connectivity index (χ3n) is 3.74. The van der Waals surface area contributed by atoms with Crippen molar-refractivity contribution < 1.29 is 9.53 Å². The number of aryl methyl sites for hydroxylation is 2. The maximum Gasteiger partial charge on any atom is 0.227 e. The lowest BCUT2D eigenvalue weighted by Gasteiger charge is -2.27. The van der Waals surface area contributed by atoms with Gasteiger partial charge in [-0.25, -0.2) is 0 Å². The van der Waals surface area contributed by atoms with Crippen LogP contribution >= 0.6 is 0 Å². The Morgan fingerprint density at radius 2 is 1.95 bits per heavy atom. The summed E-state index contributed by atoms with van der Waals surface area (Å²) in [6.45, 7) is 10.1. The second kappa shape index (κ2) is 6.75. The lowest BCUT2D eigenvalue weighted by Crippen LogP contribution is -2.47. The van der Waals surface area contributed by atoms with Crippen molar-refractivity contribution in [2.45, 2.75) is 27.2 Å². The Kier molecular flexibility index (Phi) is 5.01. The Hall–Kier alpha value is -1.55. The molecule has 1 fully saturated rings. The number of benzene rings is 1. The molecule has 2 rings (SSSR count). The van der Waals surface area contributed by atoms with Gasteiger partial charge in [0.25, 0.3) is 0 Å². The van der Waals surface area contributed by atoms with Gasteiger partial charge in [0.15, 0.2) is 0 Å². The van der Waals surface area contributed by atoms with Crippen LogP contribution in [0.4, 0.5) is 0 Å². The van der Waals surface area contributed by atoms with E-state index in [9.17, 15) is 4.79 Å². The standard InChI is InChI=1S/C16H24N2O2/c1-4-20-15-10-12(2)14(9-13(15)3)11-16(19)18-7-5-17-6-8-18/h9-10,17H,4-8,11H2,1-3H3. The normalized spacial score (nSPS) is 15.2. The summed E-state index contributed by atoms with van der Waals surface area (Å²) >= 11 is 0. The summed E-state index contributed by atoms with van der Waals surface area (Å²) in [4.78, 5) is 14.3. The molecular weight excluding hydrogens is 252 g/mol. The van der Waals surface area contributed by atoms with E-state index in [4.69, 9.17) is 4.74 Å². The van der Waals surface area contributed by atoms with Crippen LogP contribution in [-0.2, 0) is 11.2 Å². The van der Waals surface area contributed by atoms with Gasteiger partial charge in [0.1, 0.15) is 5.75 Å². The van der Waals surface area contributed by atoms with Gasteiger partial charge in [-0.3, -0.25) is 4.79 Å². The minimum Gasteiger partial charge on any atom is -0.494 e. The van der Waals surface area contributed by atoms with Crippen molar-refractivity contribution in [1.29, 1.82) is 0 Å². The SMILES string of the molecule is CCOc1cc(C)c(CC(=O)N2CCNCC2)cc1C. The fourth-order valence-electron chi connectivity index (χ4n) is 2.54. The van der Waals surface area contributed by atoms with Gasteiger partial charge in [-0.05, 0) is 43.5 Å². The van der Waals surface area contributed by atoms with E-state index in [1.165, 1.54) is 0 Å². The average Bonchev–Trinajstić information content (AvgIpc) is 2.45. The number of nitrogens with zero attached hydrogens (tertiary/aromatic N) is 1. The van der Waals surface area contributed by atoms with E-state index in [1.54, 1.807) is 0 Å². The minimum absolute atomic E-state index is 0.221. The molecule has 0 aromatic heterocycles. The van der Waals surface area contributed by atoms with Crippen LogP contribution in [0.25, 0.3) is 0 Å². The lowest BCUT2D eigenvalue weighted by molar-refractivity contribution is -0.131. The van der Waals surface area contributed by atoms with Gasteiger partial charge in [0, 0.05) is 26.2 Å². The number of amides is 1. The smallest absolute Gasteiger partial charge is 0.227 e. The number of carbonyl (C=O) groups is 1. The van der Waals surface area contributed by atoms with Crippen LogP contribution < -0.4 is 10.1 Å². The van der Waals surface area contributed by atoms with Crippen LogP contribution in [-0.4, -0.2) is 43.6 Å². The third-order valence-corrected chi connectivity index (χ3v) is 3.74. The van der Waals surface area contributed by atoms with Gasteiger partial charge in [0.05, 0.1) is 13.0 Å². The van der Waals surface area contributed by atoms with E-state index >= 15 is 0 Å². The van der Waals surface area contributed by atoms with E-state index in [1.807, 2.05) is 31.7 Å². The van der Waals surface area contributed by atoms with Gasteiger partial charge >= 0.3 is 0 Å². The molecule has 1 aliphatic rings. The molecule has 1 heterocycles. The molecule has 1 aromatic rings. The Morgan fingerprint density at radius 3 is 2.60 bits per heavy atom. The van der Waals surface area contributed by atoms with Gasteiger partial charge in [-0.2, -0.15) is 0 Å². The topological polar surface area (TPSA) is 41.6 Å². The first kappa shape index (κ1) is 14.9. The van der Waals surface area contributed by atoms with Gasteiger partial charge in [0.2, 0.25) is 5.91 Å². The highest BCUT2D eigenvalue weighted by Gasteiger charge is 2.17. The van der Waals surface area contributed by atoms with E-state index in [0.717, 1.165) is 48.6 Å². The molecule has 0 radical (unpaired) electrons. The molecule has 1 amide bonds. The predicted molar refractivity (Wildman–Crippen MR) is 80.2 cm³/mol. The molecular formula is C16H24N2O2. The third kappa shape index (κ3) is 3.51. The van der Waals surface area contributed by atoms with Crippen molar-refractivity contribution in [3.63, 3.8) is 0 Å². The number of hydrogen-bond acceptors (Lipinski definition) is 3. The van der Waals surface area contributed by atoms with Gasteiger partial charge < -0.3 is 15.0 Å². The number of rotatable bonds is 4. The first-order chi connectivity index (χ1) is 9.61. The van der Waals surface area contributed by atoms with Crippen LogP contribution in [0.3, 0.4) is 0 Å². The monoisotopic (exact) mass is 276 g/mol. The van der Waals surface area contributed by atoms with Crippen molar-refractivity contribution in [2.24, 2.45) is 0 Å². The molecule has 1 saturated heterocycles. The molecule has 4 nitrogen and oxygen atoms in total. The summed E-state index contributed by atoms with van der Waals surface area (Å²) in [7, 11) is 0. The summed E-state index contributed by atoms with van der Waals surface area (Å²) in [5.74, 6) is 1.14. The zero-order valence-corrected chi connectivity index (χ0v) is 12.7. The lowest BCUT2D eigenvalue weighted by atomic mass is 10.0. The highest BCUT2D eigenvalue weighted by atomic mass is 16.5. The first-order valence-electron chi connectivity index (χ1n) is 7.33. The summed E-state index contributed by atoms with van der Waals surface area (Å²) in [6.07, 6.45) is 0.485. The van der Waals surface area contributed by atoms with E-state index in [0.29, 0.717) is 13.0 Å². The highest BCUT2D eigenvalue weighted by Crippen LogP contribution is 2.23.